The number of hydrogen-bond acceptors (Lipinski definition) is 5. The van der Waals surface area contributed by atoms with Gasteiger partial charge in [-0.3, -0.25) is 10.1 Å². The predicted molar refractivity (Wildman–Crippen MR) is 73.8 cm³/mol. The van der Waals surface area contributed by atoms with E-state index in [-0.39, 0.29) is 18.0 Å². The summed E-state index contributed by atoms with van der Waals surface area (Å²) in [4.78, 5) is 9.89. The number of aliphatic hydroxyl groups is 1. The monoisotopic (exact) mass is 302 g/mol. The van der Waals surface area contributed by atoms with Crippen LogP contribution in [0.2, 0.25) is 0 Å². The minimum atomic E-state index is -3.87. The lowest BCUT2D eigenvalue weighted by atomic mass is 10.2. The first-order valence-corrected chi connectivity index (χ1v) is 7.66. The maximum absolute atomic E-state index is 12.3. The minimum absolute atomic E-state index is 0.0701. The lowest BCUT2D eigenvalue weighted by Gasteiger charge is -2.16. The van der Waals surface area contributed by atoms with E-state index in [0.717, 1.165) is 4.31 Å². The minimum Gasteiger partial charge on any atom is -0.396 e. The molecule has 0 amide bonds. The van der Waals surface area contributed by atoms with Gasteiger partial charge in [0.05, 0.1) is 4.92 Å². The fourth-order valence-corrected chi connectivity index (χ4v) is 3.10. The average molecular weight is 302 g/mol. The maximum Gasteiger partial charge on any atom is 0.289 e. The van der Waals surface area contributed by atoms with Gasteiger partial charge in [-0.1, -0.05) is 12.1 Å². The van der Waals surface area contributed by atoms with Crippen molar-refractivity contribution in [2.75, 3.05) is 20.2 Å². The van der Waals surface area contributed by atoms with Crippen LogP contribution in [0.4, 0.5) is 5.69 Å². The van der Waals surface area contributed by atoms with E-state index in [9.17, 15) is 18.5 Å². The molecule has 1 aromatic carbocycles. The highest BCUT2D eigenvalue weighted by Crippen LogP contribution is 2.25. The molecule has 1 rings (SSSR count). The average Bonchev–Trinajstić information content (AvgIpc) is 2.43. The van der Waals surface area contributed by atoms with Crippen molar-refractivity contribution in [2.24, 2.45) is 0 Å². The van der Waals surface area contributed by atoms with Crippen molar-refractivity contribution >= 4 is 15.7 Å². The van der Waals surface area contributed by atoms with Crippen molar-refractivity contribution in [2.45, 2.75) is 24.2 Å². The number of rotatable bonds is 8. The van der Waals surface area contributed by atoms with E-state index in [0.29, 0.717) is 19.3 Å². The molecule has 8 heteroatoms. The van der Waals surface area contributed by atoms with Gasteiger partial charge in [-0.25, -0.2) is 12.7 Å². The van der Waals surface area contributed by atoms with E-state index in [4.69, 9.17) is 5.11 Å². The number of unbranched alkanes of at least 4 members (excludes halogenated alkanes) is 2. The number of sulfonamides is 1. The molecule has 0 saturated heterocycles. The molecular weight excluding hydrogens is 284 g/mol. The van der Waals surface area contributed by atoms with Crippen molar-refractivity contribution in [3.05, 3.63) is 34.4 Å². The molecule has 1 aromatic rings. The SMILES string of the molecule is CN(CCCCCO)S(=O)(=O)c1ccccc1[N+](=O)[O-]. The lowest BCUT2D eigenvalue weighted by molar-refractivity contribution is -0.387. The molecule has 0 unspecified atom stereocenters. The Labute approximate surface area is 118 Å². The number of nitro groups is 1. The van der Waals surface area contributed by atoms with E-state index in [1.807, 2.05) is 0 Å². The molecule has 7 nitrogen and oxygen atoms in total. The smallest absolute Gasteiger partial charge is 0.289 e. The van der Waals surface area contributed by atoms with Gasteiger partial charge in [0.15, 0.2) is 4.90 Å². The molecule has 0 aliphatic heterocycles. The Kier molecular flexibility index (Phi) is 6.05. The van der Waals surface area contributed by atoms with Crippen LogP contribution in [0.3, 0.4) is 0 Å². The van der Waals surface area contributed by atoms with Crippen molar-refractivity contribution in [1.82, 2.24) is 4.31 Å². The third kappa shape index (κ3) is 3.99. The first-order chi connectivity index (χ1) is 9.41. The molecule has 0 atom stereocenters. The molecule has 0 saturated carbocycles. The number of hydrogen-bond donors (Lipinski definition) is 1. The molecule has 0 aliphatic rings. The highest BCUT2D eigenvalue weighted by Gasteiger charge is 2.28. The molecule has 0 spiro atoms. The number of nitrogens with zero attached hydrogens (tertiary/aromatic N) is 2. The normalized spacial score (nSPS) is 11.8. The Morgan fingerprint density at radius 2 is 1.90 bits per heavy atom. The summed E-state index contributed by atoms with van der Waals surface area (Å²) in [5, 5.41) is 19.5. The number of aliphatic hydroxyl groups excluding tert-OH is 1. The van der Waals surface area contributed by atoms with Gasteiger partial charge >= 0.3 is 0 Å². The molecule has 0 aliphatic carbocycles. The van der Waals surface area contributed by atoms with Crippen molar-refractivity contribution in [3.63, 3.8) is 0 Å². The topological polar surface area (TPSA) is 101 Å². The summed E-state index contributed by atoms with van der Waals surface area (Å²) in [5.41, 5.74) is -0.422. The Hall–Kier alpha value is -1.51. The first-order valence-electron chi connectivity index (χ1n) is 6.22. The van der Waals surface area contributed by atoms with Gasteiger partial charge in [0.1, 0.15) is 0 Å². The van der Waals surface area contributed by atoms with E-state index in [1.165, 1.54) is 31.3 Å². The van der Waals surface area contributed by atoms with Gasteiger partial charge in [0, 0.05) is 26.3 Å². The quantitative estimate of drug-likeness (QED) is 0.444. The van der Waals surface area contributed by atoms with Crippen molar-refractivity contribution in [1.29, 1.82) is 0 Å². The van der Waals surface area contributed by atoms with Gasteiger partial charge < -0.3 is 5.11 Å². The molecular formula is C12H18N2O5S. The predicted octanol–water partition coefficient (Wildman–Crippen LogP) is 1.38. The molecule has 0 fully saturated rings. The van der Waals surface area contributed by atoms with Gasteiger partial charge in [0.25, 0.3) is 5.69 Å². The summed E-state index contributed by atoms with van der Waals surface area (Å²) >= 11 is 0. The van der Waals surface area contributed by atoms with Crippen LogP contribution in [0.25, 0.3) is 0 Å². The van der Waals surface area contributed by atoms with Crippen LogP contribution in [-0.2, 0) is 10.0 Å². The first kappa shape index (κ1) is 16.5. The van der Waals surface area contributed by atoms with E-state index < -0.39 is 20.6 Å². The zero-order valence-corrected chi connectivity index (χ0v) is 12.0. The third-order valence-electron chi connectivity index (χ3n) is 2.88. The van der Waals surface area contributed by atoms with E-state index in [2.05, 4.69) is 0 Å². The fraction of sp³-hybridized carbons (Fsp3) is 0.500. The van der Waals surface area contributed by atoms with Crippen LogP contribution >= 0.6 is 0 Å². The molecule has 0 radical (unpaired) electrons. The Morgan fingerprint density at radius 3 is 2.50 bits per heavy atom. The summed E-state index contributed by atoms with van der Waals surface area (Å²) in [5.74, 6) is 0. The molecule has 0 aromatic heterocycles. The van der Waals surface area contributed by atoms with E-state index >= 15 is 0 Å². The van der Waals surface area contributed by atoms with Gasteiger partial charge in [-0.2, -0.15) is 0 Å². The number of para-hydroxylation sites is 1. The Bertz CT molecular complexity index is 559. The fourth-order valence-electron chi connectivity index (χ4n) is 1.74. The van der Waals surface area contributed by atoms with Crippen LogP contribution in [0.5, 0.6) is 0 Å². The molecule has 0 bridgehead atoms. The highest BCUT2D eigenvalue weighted by atomic mass is 32.2. The van der Waals surface area contributed by atoms with Gasteiger partial charge in [-0.15, -0.1) is 0 Å². The standard InChI is InChI=1S/C12H18N2O5S/c1-13(9-5-2-6-10-15)20(18,19)12-8-4-3-7-11(12)14(16)17/h3-4,7-8,15H,2,5-6,9-10H2,1H3. The van der Waals surface area contributed by atoms with Crippen LogP contribution in [-0.4, -0.2) is 43.0 Å². The van der Waals surface area contributed by atoms with Crippen LogP contribution < -0.4 is 0 Å². The molecule has 1 N–H and O–H groups in total. The summed E-state index contributed by atoms with van der Waals surface area (Å²) in [6.45, 7) is 0.328. The Morgan fingerprint density at radius 1 is 1.25 bits per heavy atom. The van der Waals surface area contributed by atoms with Crippen LogP contribution in [0, 0.1) is 10.1 Å². The molecule has 0 heterocycles. The summed E-state index contributed by atoms with van der Waals surface area (Å²) in [6, 6.07) is 5.29. The van der Waals surface area contributed by atoms with Crippen molar-refractivity contribution < 1.29 is 18.4 Å². The summed E-state index contributed by atoms with van der Waals surface area (Å²) < 4.78 is 25.7. The zero-order valence-electron chi connectivity index (χ0n) is 11.2. The molecule has 20 heavy (non-hydrogen) atoms. The largest absolute Gasteiger partial charge is 0.396 e. The maximum atomic E-state index is 12.3. The Balaban J connectivity index is 2.90. The number of benzene rings is 1. The van der Waals surface area contributed by atoms with Gasteiger partial charge in [0.2, 0.25) is 10.0 Å². The highest BCUT2D eigenvalue weighted by molar-refractivity contribution is 7.89. The second-order valence-electron chi connectivity index (χ2n) is 4.34. The zero-order chi connectivity index (χ0) is 15.2. The van der Waals surface area contributed by atoms with Crippen molar-refractivity contribution in [3.8, 4) is 0 Å². The lowest BCUT2D eigenvalue weighted by Crippen LogP contribution is -2.28. The second-order valence-corrected chi connectivity index (χ2v) is 6.35. The number of nitro benzene ring substituents is 1. The third-order valence-corrected chi connectivity index (χ3v) is 4.79. The van der Waals surface area contributed by atoms with E-state index in [1.54, 1.807) is 0 Å². The van der Waals surface area contributed by atoms with Gasteiger partial charge in [-0.05, 0) is 25.3 Å². The summed E-state index contributed by atoms with van der Waals surface area (Å²) in [7, 11) is -2.48. The summed E-state index contributed by atoms with van der Waals surface area (Å²) in [6.07, 6.45) is 1.91. The van der Waals surface area contributed by atoms with Crippen LogP contribution in [0.1, 0.15) is 19.3 Å². The second kappa shape index (κ2) is 7.32. The molecule has 112 valence electrons. The van der Waals surface area contributed by atoms with Crippen LogP contribution in [0.15, 0.2) is 29.2 Å².